The summed E-state index contributed by atoms with van der Waals surface area (Å²) in [5.74, 6) is 0.662. The summed E-state index contributed by atoms with van der Waals surface area (Å²) < 4.78 is 0. The van der Waals surface area contributed by atoms with Crippen LogP contribution in [0.4, 0.5) is 0 Å². The summed E-state index contributed by atoms with van der Waals surface area (Å²) >= 11 is 0. The third kappa shape index (κ3) is 4.12. The highest BCUT2D eigenvalue weighted by atomic mass is 16.2. The third-order valence-corrected chi connectivity index (χ3v) is 6.64. The van der Waals surface area contributed by atoms with E-state index < -0.39 is 0 Å². The van der Waals surface area contributed by atoms with Crippen LogP contribution in [0.3, 0.4) is 0 Å². The van der Waals surface area contributed by atoms with Gasteiger partial charge in [0.2, 0.25) is 5.91 Å². The summed E-state index contributed by atoms with van der Waals surface area (Å²) in [4.78, 5) is 29.5. The molecule has 3 atom stereocenters. The lowest BCUT2D eigenvalue weighted by molar-refractivity contribution is -0.123. The maximum atomic E-state index is 13.1. The first-order chi connectivity index (χ1) is 14.4. The smallest absolute Gasteiger partial charge is 0.254 e. The van der Waals surface area contributed by atoms with Gasteiger partial charge in [-0.25, -0.2) is 0 Å². The largest absolute Gasteiger partial charge is 0.368 e. The van der Waals surface area contributed by atoms with Gasteiger partial charge in [-0.3, -0.25) is 14.5 Å². The first kappa shape index (κ1) is 20.6. The van der Waals surface area contributed by atoms with Gasteiger partial charge in [-0.15, -0.1) is 0 Å². The van der Waals surface area contributed by atoms with Crippen LogP contribution >= 0.6 is 0 Å². The molecule has 1 radical (unpaired) electrons. The number of aryl methyl sites for hydroxylation is 2. The minimum atomic E-state index is -0.293. The fraction of sp³-hybridized carbons (Fsp3) is 0.400. The predicted octanol–water partition coefficient (Wildman–Crippen LogP) is 2.80. The summed E-state index contributed by atoms with van der Waals surface area (Å²) in [5.41, 5.74) is 9.75. The Balaban J connectivity index is 1.38. The van der Waals surface area contributed by atoms with Crippen LogP contribution in [0.5, 0.6) is 0 Å². The van der Waals surface area contributed by atoms with Crippen LogP contribution in [0.15, 0.2) is 48.5 Å². The van der Waals surface area contributed by atoms with E-state index in [2.05, 4.69) is 11.3 Å². The number of benzene rings is 2. The molecule has 2 fully saturated rings. The molecule has 2 aromatic rings. The van der Waals surface area contributed by atoms with Gasteiger partial charge in [-0.05, 0) is 55.2 Å². The zero-order valence-corrected chi connectivity index (χ0v) is 17.8. The Bertz CT molecular complexity index is 893. The van der Waals surface area contributed by atoms with Crippen LogP contribution in [0.1, 0.15) is 33.5 Å². The van der Waals surface area contributed by atoms with E-state index >= 15 is 0 Å². The molecule has 2 aliphatic rings. The molecule has 2 unspecified atom stereocenters. The van der Waals surface area contributed by atoms with E-state index in [9.17, 15) is 9.59 Å². The number of fused-ring (bicyclic) bond motifs is 1. The van der Waals surface area contributed by atoms with E-state index in [1.165, 1.54) is 0 Å². The molecule has 2 aromatic carbocycles. The van der Waals surface area contributed by atoms with Crippen molar-refractivity contribution in [3.63, 3.8) is 0 Å². The van der Waals surface area contributed by atoms with Crippen molar-refractivity contribution in [3.05, 3.63) is 77.2 Å². The number of primary amides is 1. The number of likely N-dealkylation sites (tertiary alicyclic amines) is 2. The van der Waals surface area contributed by atoms with Crippen LogP contribution in [0.25, 0.3) is 0 Å². The Morgan fingerprint density at radius 3 is 2.13 bits per heavy atom. The Morgan fingerprint density at radius 2 is 1.57 bits per heavy atom. The number of amides is 2. The molecule has 2 N–H and O–H groups in total. The standard InChI is InChI=1S/C25H30N3O2/c1-17-7-6-8-18(2)23(17)25(30)28-15-20-13-27(14-21(20)16-28)22(24(26)29)12-11-19-9-4-3-5-10-19/h3-11,20-22H,12-16H2,1-2H3,(H2,26,29)/t20?,21?,22-/m0/s1. The summed E-state index contributed by atoms with van der Waals surface area (Å²) in [6.45, 7) is 7.14. The third-order valence-electron chi connectivity index (χ3n) is 6.64. The summed E-state index contributed by atoms with van der Waals surface area (Å²) in [6.07, 6.45) is 2.70. The molecule has 0 aliphatic carbocycles. The molecule has 0 spiro atoms. The van der Waals surface area contributed by atoms with Gasteiger partial charge in [0.25, 0.3) is 5.91 Å². The lowest BCUT2D eigenvalue weighted by Gasteiger charge is -2.27. The minimum absolute atomic E-state index is 0.135. The van der Waals surface area contributed by atoms with Gasteiger partial charge in [0, 0.05) is 31.7 Å². The number of hydrogen-bond acceptors (Lipinski definition) is 3. The van der Waals surface area contributed by atoms with Crippen molar-refractivity contribution in [2.45, 2.75) is 26.3 Å². The van der Waals surface area contributed by atoms with Crippen LogP contribution in [-0.2, 0) is 4.79 Å². The average Bonchev–Trinajstić information content (AvgIpc) is 3.28. The van der Waals surface area contributed by atoms with Gasteiger partial charge < -0.3 is 10.6 Å². The lowest BCUT2D eigenvalue weighted by Crippen LogP contribution is -2.45. The molecule has 4 rings (SSSR count). The van der Waals surface area contributed by atoms with Crippen molar-refractivity contribution in [1.82, 2.24) is 9.80 Å². The van der Waals surface area contributed by atoms with Gasteiger partial charge in [0.1, 0.15) is 0 Å². The van der Waals surface area contributed by atoms with E-state index in [0.717, 1.165) is 48.4 Å². The molecule has 2 heterocycles. The maximum Gasteiger partial charge on any atom is 0.254 e. The average molecular weight is 405 g/mol. The maximum absolute atomic E-state index is 13.1. The fourth-order valence-electron chi connectivity index (χ4n) is 5.04. The molecular weight excluding hydrogens is 374 g/mol. The summed E-state index contributed by atoms with van der Waals surface area (Å²) in [5, 5.41) is 0. The SMILES string of the molecule is Cc1cccc(C)c1C(=O)N1CC2CN([C@@H](C[CH]c3ccccc3)C(N)=O)CC2C1. The van der Waals surface area contributed by atoms with Crippen molar-refractivity contribution in [1.29, 1.82) is 0 Å². The van der Waals surface area contributed by atoms with Gasteiger partial charge >= 0.3 is 0 Å². The molecule has 0 bridgehead atoms. The second kappa shape index (κ2) is 8.60. The molecule has 157 valence electrons. The van der Waals surface area contributed by atoms with Gasteiger partial charge in [-0.2, -0.15) is 0 Å². The van der Waals surface area contributed by atoms with Crippen LogP contribution in [-0.4, -0.2) is 53.8 Å². The molecule has 2 aliphatic heterocycles. The monoisotopic (exact) mass is 404 g/mol. The summed E-state index contributed by atoms with van der Waals surface area (Å²) in [6, 6.07) is 15.7. The Kier molecular flexibility index (Phi) is 5.91. The quantitative estimate of drug-likeness (QED) is 0.805. The topological polar surface area (TPSA) is 66.6 Å². The highest BCUT2D eigenvalue weighted by molar-refractivity contribution is 5.97. The van der Waals surface area contributed by atoms with Crippen LogP contribution in [0, 0.1) is 32.1 Å². The molecule has 2 saturated heterocycles. The minimum Gasteiger partial charge on any atom is -0.368 e. The second-order valence-corrected chi connectivity index (χ2v) is 8.72. The van der Waals surface area contributed by atoms with Crippen molar-refractivity contribution in [2.75, 3.05) is 26.2 Å². The van der Waals surface area contributed by atoms with Crippen LogP contribution < -0.4 is 5.73 Å². The van der Waals surface area contributed by atoms with Crippen molar-refractivity contribution >= 4 is 11.8 Å². The summed E-state index contributed by atoms with van der Waals surface area (Å²) in [7, 11) is 0. The van der Waals surface area contributed by atoms with Crippen molar-refractivity contribution in [2.24, 2.45) is 17.6 Å². The number of rotatable bonds is 6. The Morgan fingerprint density at radius 1 is 0.967 bits per heavy atom. The normalized spacial score (nSPS) is 22.1. The number of nitrogens with zero attached hydrogens (tertiary/aromatic N) is 2. The van der Waals surface area contributed by atoms with Gasteiger partial charge in [-0.1, -0.05) is 48.5 Å². The van der Waals surface area contributed by atoms with Crippen molar-refractivity contribution < 1.29 is 9.59 Å². The predicted molar refractivity (Wildman–Crippen MR) is 118 cm³/mol. The zero-order chi connectivity index (χ0) is 21.3. The van der Waals surface area contributed by atoms with E-state index in [1.54, 1.807) is 0 Å². The van der Waals surface area contributed by atoms with E-state index in [0.29, 0.717) is 18.3 Å². The Labute approximate surface area is 178 Å². The van der Waals surface area contributed by atoms with Crippen molar-refractivity contribution in [3.8, 4) is 0 Å². The van der Waals surface area contributed by atoms with Crippen LogP contribution in [0.2, 0.25) is 0 Å². The van der Waals surface area contributed by atoms with E-state index in [1.807, 2.05) is 67.3 Å². The number of carbonyl (C=O) groups excluding carboxylic acids is 2. The molecule has 5 nitrogen and oxygen atoms in total. The van der Waals surface area contributed by atoms with E-state index in [-0.39, 0.29) is 17.9 Å². The number of carbonyl (C=O) groups is 2. The molecule has 0 aromatic heterocycles. The van der Waals surface area contributed by atoms with Gasteiger partial charge in [0.15, 0.2) is 0 Å². The van der Waals surface area contributed by atoms with E-state index in [4.69, 9.17) is 5.73 Å². The Hall–Kier alpha value is -2.66. The fourth-order valence-corrected chi connectivity index (χ4v) is 5.04. The number of nitrogens with two attached hydrogens (primary N) is 1. The lowest BCUT2D eigenvalue weighted by atomic mass is 10.0. The first-order valence-electron chi connectivity index (χ1n) is 10.7. The molecule has 30 heavy (non-hydrogen) atoms. The number of hydrogen-bond donors (Lipinski definition) is 1. The highest BCUT2D eigenvalue weighted by Crippen LogP contribution is 2.34. The second-order valence-electron chi connectivity index (χ2n) is 8.72. The molecular formula is C25H30N3O2. The molecule has 2 amide bonds. The highest BCUT2D eigenvalue weighted by Gasteiger charge is 2.44. The van der Waals surface area contributed by atoms with Gasteiger partial charge in [0.05, 0.1) is 6.04 Å². The zero-order valence-electron chi connectivity index (χ0n) is 17.8. The molecule has 0 saturated carbocycles. The first-order valence-corrected chi connectivity index (χ1v) is 10.7. The molecule has 5 heteroatoms.